The molecule has 1 N–H and O–H groups in total. The van der Waals surface area contributed by atoms with E-state index in [2.05, 4.69) is 62.8 Å². The van der Waals surface area contributed by atoms with Gasteiger partial charge >= 0.3 is 0 Å². The summed E-state index contributed by atoms with van der Waals surface area (Å²) < 4.78 is 2.12. The highest BCUT2D eigenvalue weighted by Gasteiger charge is 2.12. The van der Waals surface area contributed by atoms with Crippen LogP contribution in [-0.2, 0) is 13.1 Å². The molecule has 0 atom stereocenters. The average Bonchev–Trinajstić information content (AvgIpc) is 2.63. The predicted molar refractivity (Wildman–Crippen MR) is 77.6 cm³/mol. The van der Waals surface area contributed by atoms with Gasteiger partial charge in [0.25, 0.3) is 0 Å². The van der Waals surface area contributed by atoms with Crippen LogP contribution in [-0.4, -0.2) is 15.3 Å². The molecule has 0 saturated heterocycles. The molecule has 0 aliphatic heterocycles. The maximum atomic E-state index is 4.62. The third-order valence-electron chi connectivity index (χ3n) is 3.46. The maximum Gasteiger partial charge on any atom is 0.0638 e. The fourth-order valence-electron chi connectivity index (χ4n) is 2.00. The van der Waals surface area contributed by atoms with Crippen molar-refractivity contribution in [3.63, 3.8) is 0 Å². The molecule has 1 rings (SSSR count). The minimum absolute atomic E-state index is 0.157. The molecule has 0 amide bonds. The Labute approximate surface area is 112 Å². The van der Waals surface area contributed by atoms with Gasteiger partial charge in [0.2, 0.25) is 0 Å². The van der Waals surface area contributed by atoms with Gasteiger partial charge in [-0.3, -0.25) is 4.68 Å². The summed E-state index contributed by atoms with van der Waals surface area (Å²) in [7, 11) is 0. The average molecular weight is 251 g/mol. The lowest BCUT2D eigenvalue weighted by molar-refractivity contribution is 0.394. The van der Waals surface area contributed by atoms with Crippen molar-refractivity contribution in [2.45, 2.75) is 73.0 Å². The van der Waals surface area contributed by atoms with Gasteiger partial charge in [0, 0.05) is 30.4 Å². The molecule has 18 heavy (non-hydrogen) atoms. The molecule has 3 nitrogen and oxygen atoms in total. The summed E-state index contributed by atoms with van der Waals surface area (Å²) in [6.45, 7) is 15.1. The number of aryl methyl sites for hydroxylation is 1. The normalized spacial score (nSPS) is 12.4. The summed E-state index contributed by atoms with van der Waals surface area (Å²) in [5, 5.41) is 8.14. The van der Waals surface area contributed by atoms with E-state index >= 15 is 0 Å². The summed E-state index contributed by atoms with van der Waals surface area (Å²) in [6, 6.07) is 0. The van der Waals surface area contributed by atoms with E-state index in [1.165, 1.54) is 18.4 Å². The molecule has 1 aromatic heterocycles. The molecule has 0 saturated carbocycles. The monoisotopic (exact) mass is 251 g/mol. The highest BCUT2D eigenvalue weighted by molar-refractivity contribution is 5.15. The lowest BCUT2D eigenvalue weighted by Gasteiger charge is -2.20. The van der Waals surface area contributed by atoms with Crippen LogP contribution < -0.4 is 5.32 Å². The van der Waals surface area contributed by atoms with Gasteiger partial charge in [-0.15, -0.1) is 0 Å². The molecule has 0 radical (unpaired) electrons. The number of aromatic nitrogens is 2. The molecule has 0 fully saturated rings. The molecule has 0 spiro atoms. The lowest BCUT2D eigenvalue weighted by Crippen LogP contribution is -2.35. The van der Waals surface area contributed by atoms with Crippen molar-refractivity contribution in [3.05, 3.63) is 17.5 Å². The first-order valence-electron chi connectivity index (χ1n) is 7.13. The van der Waals surface area contributed by atoms with Crippen LogP contribution >= 0.6 is 0 Å². The molecule has 0 unspecified atom stereocenters. The van der Waals surface area contributed by atoms with Crippen LogP contribution in [0.15, 0.2) is 6.20 Å². The first kappa shape index (κ1) is 15.2. The summed E-state index contributed by atoms with van der Waals surface area (Å²) in [5.74, 6) is 0.743. The zero-order valence-electron chi connectivity index (χ0n) is 12.9. The molecule has 0 bridgehead atoms. The Morgan fingerprint density at radius 1 is 1.28 bits per heavy atom. The molecular weight excluding hydrogens is 222 g/mol. The molecule has 3 heteroatoms. The molecule has 1 heterocycles. The van der Waals surface area contributed by atoms with E-state index in [0.717, 1.165) is 24.7 Å². The van der Waals surface area contributed by atoms with Crippen molar-refractivity contribution in [2.75, 3.05) is 0 Å². The minimum Gasteiger partial charge on any atom is -0.308 e. The second-order valence-electron chi connectivity index (χ2n) is 6.25. The topological polar surface area (TPSA) is 29.9 Å². The van der Waals surface area contributed by atoms with Crippen molar-refractivity contribution in [2.24, 2.45) is 5.92 Å². The van der Waals surface area contributed by atoms with Gasteiger partial charge in [0.15, 0.2) is 0 Å². The highest BCUT2D eigenvalue weighted by Crippen LogP contribution is 2.13. The number of nitrogens with zero attached hydrogens (tertiary/aromatic N) is 2. The van der Waals surface area contributed by atoms with Crippen molar-refractivity contribution in [1.82, 2.24) is 15.1 Å². The number of rotatable bonds is 6. The van der Waals surface area contributed by atoms with E-state index < -0.39 is 0 Å². The van der Waals surface area contributed by atoms with Crippen molar-refractivity contribution in [3.8, 4) is 0 Å². The van der Waals surface area contributed by atoms with Gasteiger partial charge in [-0.2, -0.15) is 5.10 Å². The van der Waals surface area contributed by atoms with E-state index in [-0.39, 0.29) is 5.54 Å². The largest absolute Gasteiger partial charge is 0.308 e. The van der Waals surface area contributed by atoms with Crippen molar-refractivity contribution < 1.29 is 0 Å². The number of hydrogen-bond donors (Lipinski definition) is 1. The van der Waals surface area contributed by atoms with Crippen LogP contribution in [0.5, 0.6) is 0 Å². The number of hydrogen-bond acceptors (Lipinski definition) is 2. The molecule has 0 aliphatic carbocycles. The Kier molecular flexibility index (Phi) is 5.39. The smallest absolute Gasteiger partial charge is 0.0638 e. The second kappa shape index (κ2) is 6.37. The Morgan fingerprint density at radius 2 is 1.89 bits per heavy atom. The molecule has 0 aliphatic rings. The van der Waals surface area contributed by atoms with E-state index in [1.807, 2.05) is 0 Å². The third kappa shape index (κ3) is 4.81. The van der Waals surface area contributed by atoms with Crippen LogP contribution in [0.3, 0.4) is 0 Å². The summed E-state index contributed by atoms with van der Waals surface area (Å²) >= 11 is 0. The van der Waals surface area contributed by atoms with Crippen molar-refractivity contribution in [1.29, 1.82) is 0 Å². The van der Waals surface area contributed by atoms with Crippen LogP contribution in [0.4, 0.5) is 0 Å². The summed E-state index contributed by atoms with van der Waals surface area (Å²) in [6.07, 6.45) is 4.66. The Hall–Kier alpha value is -0.830. The van der Waals surface area contributed by atoms with E-state index in [0.29, 0.717) is 0 Å². The van der Waals surface area contributed by atoms with Gasteiger partial charge in [-0.05, 0) is 33.6 Å². The van der Waals surface area contributed by atoms with Gasteiger partial charge in [0.1, 0.15) is 0 Å². The van der Waals surface area contributed by atoms with Gasteiger partial charge in [-0.25, -0.2) is 0 Å². The molecule has 1 aromatic rings. The molecule has 104 valence electrons. The fraction of sp³-hybridized carbons (Fsp3) is 0.800. The summed E-state index contributed by atoms with van der Waals surface area (Å²) in [5.41, 5.74) is 2.62. The fourth-order valence-corrected chi connectivity index (χ4v) is 2.00. The second-order valence-corrected chi connectivity index (χ2v) is 6.25. The Morgan fingerprint density at radius 3 is 2.39 bits per heavy atom. The maximum absolute atomic E-state index is 4.62. The molecular formula is C15H29N3. The van der Waals surface area contributed by atoms with Gasteiger partial charge in [-0.1, -0.05) is 26.7 Å². The van der Waals surface area contributed by atoms with Crippen LogP contribution in [0, 0.1) is 12.8 Å². The summed E-state index contributed by atoms with van der Waals surface area (Å²) in [4.78, 5) is 0. The van der Waals surface area contributed by atoms with E-state index in [1.54, 1.807) is 0 Å². The first-order chi connectivity index (χ1) is 8.35. The van der Waals surface area contributed by atoms with Gasteiger partial charge < -0.3 is 5.32 Å². The van der Waals surface area contributed by atoms with Crippen molar-refractivity contribution >= 4 is 0 Å². The van der Waals surface area contributed by atoms with Crippen LogP contribution in [0.1, 0.15) is 58.7 Å². The lowest BCUT2D eigenvalue weighted by atomic mass is 10.0. The zero-order chi connectivity index (χ0) is 13.8. The highest BCUT2D eigenvalue weighted by atomic mass is 15.3. The zero-order valence-corrected chi connectivity index (χ0v) is 12.9. The van der Waals surface area contributed by atoms with E-state index in [9.17, 15) is 0 Å². The standard InChI is InChI=1S/C15H29N3/c1-7-13(8-2)10-18-11-14(12(3)17-18)9-16-15(4,5)6/h11,13,16H,7-10H2,1-6H3. The quantitative estimate of drug-likeness (QED) is 0.838. The van der Waals surface area contributed by atoms with Gasteiger partial charge in [0.05, 0.1) is 5.69 Å². The van der Waals surface area contributed by atoms with E-state index in [4.69, 9.17) is 0 Å². The van der Waals surface area contributed by atoms with Crippen LogP contribution in [0.2, 0.25) is 0 Å². The van der Waals surface area contributed by atoms with Crippen LogP contribution in [0.25, 0.3) is 0 Å². The Bertz CT molecular complexity index is 356. The minimum atomic E-state index is 0.157. The first-order valence-corrected chi connectivity index (χ1v) is 7.13. The Balaban J connectivity index is 2.64. The molecule has 0 aromatic carbocycles. The SMILES string of the molecule is CCC(CC)Cn1cc(CNC(C)(C)C)c(C)n1. The third-order valence-corrected chi connectivity index (χ3v) is 3.46. The number of nitrogens with one attached hydrogen (secondary N) is 1. The predicted octanol–water partition coefficient (Wildman–Crippen LogP) is 3.52.